The van der Waals surface area contributed by atoms with E-state index in [4.69, 9.17) is 4.74 Å². The number of H-pyrrole nitrogens is 1. The molecule has 0 saturated carbocycles. The topological polar surface area (TPSA) is 79.9 Å². The monoisotopic (exact) mass is 460 g/mol. The highest BCUT2D eigenvalue weighted by molar-refractivity contribution is 9.10. The number of anilines is 1. The van der Waals surface area contributed by atoms with Crippen molar-refractivity contribution in [3.8, 4) is 17.1 Å². The largest absolute Gasteiger partial charge is 0.497 e. The molecule has 0 aliphatic rings. The summed E-state index contributed by atoms with van der Waals surface area (Å²) in [6.07, 6.45) is 0. The predicted octanol–water partition coefficient (Wildman–Crippen LogP) is 5.10. The Kier molecular flexibility index (Phi) is 6.74. The summed E-state index contributed by atoms with van der Waals surface area (Å²) in [6.45, 7) is 4.20. The molecule has 28 heavy (non-hydrogen) atoms. The van der Waals surface area contributed by atoms with E-state index in [0.29, 0.717) is 16.9 Å². The minimum atomic E-state index is -0.0926. The molecule has 1 heterocycles. The molecule has 1 amide bonds. The van der Waals surface area contributed by atoms with Crippen molar-refractivity contribution in [2.75, 3.05) is 18.2 Å². The molecule has 0 radical (unpaired) electrons. The Balaban J connectivity index is 1.60. The maximum Gasteiger partial charge on any atom is 0.234 e. The summed E-state index contributed by atoms with van der Waals surface area (Å²) in [4.78, 5) is 16.8. The number of thioether (sulfide) groups is 1. The average molecular weight is 461 g/mol. The fraction of sp³-hybridized carbons (Fsp3) is 0.250. The highest BCUT2D eigenvalue weighted by Gasteiger charge is 2.13. The lowest BCUT2D eigenvalue weighted by Gasteiger charge is -2.14. The first-order valence-electron chi connectivity index (χ1n) is 8.75. The van der Waals surface area contributed by atoms with Crippen LogP contribution in [-0.4, -0.2) is 34.0 Å². The summed E-state index contributed by atoms with van der Waals surface area (Å²) in [5.41, 5.74) is 2.83. The van der Waals surface area contributed by atoms with Crippen LogP contribution in [0.1, 0.15) is 25.3 Å². The molecule has 0 aliphatic carbocycles. The van der Waals surface area contributed by atoms with Gasteiger partial charge in [0.2, 0.25) is 11.1 Å². The third kappa shape index (κ3) is 5.14. The van der Waals surface area contributed by atoms with Crippen molar-refractivity contribution < 1.29 is 9.53 Å². The summed E-state index contributed by atoms with van der Waals surface area (Å²) >= 11 is 4.77. The van der Waals surface area contributed by atoms with Crippen molar-refractivity contribution in [1.82, 2.24) is 15.2 Å². The summed E-state index contributed by atoms with van der Waals surface area (Å²) in [5.74, 6) is 1.88. The number of hydrogen-bond donors (Lipinski definition) is 2. The minimum Gasteiger partial charge on any atom is -0.497 e. The van der Waals surface area contributed by atoms with Crippen LogP contribution in [0.25, 0.3) is 11.4 Å². The molecule has 0 bridgehead atoms. The lowest BCUT2D eigenvalue weighted by atomic mass is 10.0. The molecular formula is C20H21BrN4O2S. The summed E-state index contributed by atoms with van der Waals surface area (Å²) in [6, 6.07) is 13.4. The van der Waals surface area contributed by atoms with Gasteiger partial charge in [0.05, 0.1) is 12.9 Å². The molecule has 2 aromatic carbocycles. The van der Waals surface area contributed by atoms with Gasteiger partial charge in [-0.05, 0) is 53.9 Å². The molecule has 0 atom stereocenters. The van der Waals surface area contributed by atoms with Crippen LogP contribution in [-0.2, 0) is 4.79 Å². The number of halogens is 1. The molecule has 0 fully saturated rings. The van der Waals surface area contributed by atoms with E-state index < -0.39 is 0 Å². The van der Waals surface area contributed by atoms with Crippen LogP contribution in [0.2, 0.25) is 0 Å². The normalized spacial score (nSPS) is 10.9. The van der Waals surface area contributed by atoms with Gasteiger partial charge in [-0.15, -0.1) is 5.10 Å². The van der Waals surface area contributed by atoms with E-state index in [-0.39, 0.29) is 11.7 Å². The van der Waals surface area contributed by atoms with Crippen LogP contribution in [0.15, 0.2) is 52.1 Å². The van der Waals surface area contributed by atoms with E-state index in [0.717, 1.165) is 27.0 Å². The van der Waals surface area contributed by atoms with Crippen LogP contribution in [0.4, 0.5) is 5.69 Å². The van der Waals surface area contributed by atoms with Crippen molar-refractivity contribution >= 4 is 39.3 Å². The molecular weight excluding hydrogens is 440 g/mol. The van der Waals surface area contributed by atoms with Crippen LogP contribution in [0.3, 0.4) is 0 Å². The smallest absolute Gasteiger partial charge is 0.234 e. The van der Waals surface area contributed by atoms with Crippen LogP contribution in [0.5, 0.6) is 5.75 Å². The van der Waals surface area contributed by atoms with E-state index in [1.165, 1.54) is 11.8 Å². The van der Waals surface area contributed by atoms with Gasteiger partial charge in [0.1, 0.15) is 5.75 Å². The molecule has 0 spiro atoms. The molecule has 8 heteroatoms. The second kappa shape index (κ2) is 9.25. The molecule has 0 saturated heterocycles. The average Bonchev–Trinajstić information content (AvgIpc) is 3.17. The standard InChI is InChI=1S/C20H21BrN4O2S/c1-12(2)16-10-14(21)6-9-17(16)22-18(26)11-28-20-23-19(24-25-20)13-4-7-15(27-3)8-5-13/h4-10,12H,11H2,1-3H3,(H,22,26)(H,23,24,25). The number of amides is 1. The van der Waals surface area contributed by atoms with Crippen LogP contribution in [0, 0.1) is 0 Å². The quantitative estimate of drug-likeness (QED) is 0.479. The second-order valence-corrected chi connectivity index (χ2v) is 8.28. The Morgan fingerprint density at radius 3 is 2.68 bits per heavy atom. The van der Waals surface area contributed by atoms with Crippen molar-refractivity contribution in [1.29, 1.82) is 0 Å². The van der Waals surface area contributed by atoms with Gasteiger partial charge in [0.25, 0.3) is 0 Å². The Hall–Kier alpha value is -2.32. The molecule has 3 rings (SSSR count). The number of carbonyl (C=O) groups is 1. The number of nitrogens with one attached hydrogen (secondary N) is 2. The first kappa shape index (κ1) is 20.4. The summed E-state index contributed by atoms with van der Waals surface area (Å²) < 4.78 is 6.15. The molecule has 146 valence electrons. The maximum absolute atomic E-state index is 12.4. The molecule has 3 aromatic rings. The first-order chi connectivity index (χ1) is 13.5. The number of aromatic nitrogens is 3. The van der Waals surface area contributed by atoms with E-state index in [1.807, 2.05) is 42.5 Å². The zero-order chi connectivity index (χ0) is 20.1. The molecule has 0 aliphatic heterocycles. The SMILES string of the molecule is COc1ccc(-c2nc(SCC(=O)Nc3ccc(Br)cc3C(C)C)n[nH]2)cc1. The molecule has 6 nitrogen and oxygen atoms in total. The Morgan fingerprint density at radius 2 is 2.00 bits per heavy atom. The van der Waals surface area contributed by atoms with Crippen LogP contribution >= 0.6 is 27.7 Å². The lowest BCUT2D eigenvalue weighted by Crippen LogP contribution is -2.15. The Morgan fingerprint density at radius 1 is 1.25 bits per heavy atom. The van der Waals surface area contributed by atoms with Gasteiger partial charge in [-0.2, -0.15) is 0 Å². The van der Waals surface area contributed by atoms with Gasteiger partial charge in [-0.25, -0.2) is 4.98 Å². The van der Waals surface area contributed by atoms with Crippen molar-refractivity contribution in [2.45, 2.75) is 24.9 Å². The summed E-state index contributed by atoms with van der Waals surface area (Å²) in [5, 5.41) is 10.6. The van der Waals surface area contributed by atoms with Gasteiger partial charge >= 0.3 is 0 Å². The van der Waals surface area contributed by atoms with E-state index in [9.17, 15) is 4.79 Å². The van der Waals surface area contributed by atoms with Gasteiger partial charge < -0.3 is 10.1 Å². The second-order valence-electron chi connectivity index (χ2n) is 6.42. The first-order valence-corrected chi connectivity index (χ1v) is 10.5. The zero-order valence-electron chi connectivity index (χ0n) is 15.8. The zero-order valence-corrected chi connectivity index (χ0v) is 18.2. The fourth-order valence-electron chi connectivity index (χ4n) is 2.63. The predicted molar refractivity (Wildman–Crippen MR) is 116 cm³/mol. The number of aromatic amines is 1. The van der Waals surface area contributed by atoms with Crippen molar-refractivity contribution in [3.63, 3.8) is 0 Å². The van der Waals surface area contributed by atoms with Gasteiger partial charge in [-0.3, -0.25) is 9.89 Å². The number of hydrogen-bond acceptors (Lipinski definition) is 5. The number of carbonyl (C=O) groups excluding carboxylic acids is 1. The summed E-state index contributed by atoms with van der Waals surface area (Å²) in [7, 11) is 1.63. The Bertz CT molecular complexity index is 957. The third-order valence-electron chi connectivity index (χ3n) is 4.07. The van der Waals surface area contributed by atoms with E-state index in [2.05, 4.69) is 50.3 Å². The van der Waals surface area contributed by atoms with Gasteiger partial charge in [0.15, 0.2) is 5.82 Å². The van der Waals surface area contributed by atoms with Gasteiger partial charge in [0, 0.05) is 15.7 Å². The third-order valence-corrected chi connectivity index (χ3v) is 5.41. The number of rotatable bonds is 7. The van der Waals surface area contributed by atoms with Crippen LogP contribution < -0.4 is 10.1 Å². The Labute approximate surface area is 176 Å². The number of nitrogens with zero attached hydrogens (tertiary/aromatic N) is 2. The van der Waals surface area contributed by atoms with Crippen molar-refractivity contribution in [2.24, 2.45) is 0 Å². The maximum atomic E-state index is 12.4. The van der Waals surface area contributed by atoms with Crippen molar-refractivity contribution in [3.05, 3.63) is 52.5 Å². The fourth-order valence-corrected chi connectivity index (χ4v) is 3.61. The highest BCUT2D eigenvalue weighted by Crippen LogP contribution is 2.28. The van der Waals surface area contributed by atoms with E-state index >= 15 is 0 Å². The molecule has 1 aromatic heterocycles. The molecule has 2 N–H and O–H groups in total. The van der Waals surface area contributed by atoms with E-state index in [1.54, 1.807) is 7.11 Å². The minimum absolute atomic E-state index is 0.0926. The van der Waals surface area contributed by atoms with Gasteiger partial charge in [-0.1, -0.05) is 41.5 Å². The lowest BCUT2D eigenvalue weighted by molar-refractivity contribution is -0.113. The molecule has 0 unspecified atom stereocenters. The number of methoxy groups -OCH3 is 1. The number of benzene rings is 2. The highest BCUT2D eigenvalue weighted by atomic mass is 79.9. The number of ether oxygens (including phenoxy) is 1.